The average molecular weight is 331 g/mol. The number of rotatable bonds is 4. The van der Waals surface area contributed by atoms with Gasteiger partial charge in [0.25, 0.3) is 0 Å². The van der Waals surface area contributed by atoms with Crippen molar-refractivity contribution in [1.29, 1.82) is 0 Å². The van der Waals surface area contributed by atoms with Crippen LogP contribution in [0.3, 0.4) is 0 Å². The monoisotopic (exact) mass is 331 g/mol. The highest BCUT2D eigenvalue weighted by molar-refractivity contribution is 5.86. The number of H-pyrrole nitrogens is 1. The first kappa shape index (κ1) is 16.8. The first-order valence-electron chi connectivity index (χ1n) is 8.67. The van der Waals surface area contributed by atoms with Gasteiger partial charge in [0.05, 0.1) is 43.3 Å². The summed E-state index contributed by atoms with van der Waals surface area (Å²) in [5.41, 5.74) is 2.64. The number of aromatic amines is 1. The second-order valence-electron chi connectivity index (χ2n) is 6.79. The van der Waals surface area contributed by atoms with Crippen molar-refractivity contribution in [3.05, 3.63) is 33.6 Å². The normalized spacial score (nSPS) is 21.0. The quantitative estimate of drug-likeness (QED) is 0.898. The minimum absolute atomic E-state index is 0.0868. The molecule has 1 aliphatic rings. The zero-order valence-corrected chi connectivity index (χ0v) is 15.0. The molecule has 2 aromatic rings. The lowest BCUT2D eigenvalue weighted by atomic mass is 10.0. The number of aryl methyl sites for hydroxylation is 1. The average Bonchev–Trinajstić information content (AvgIpc) is 2.59. The van der Waals surface area contributed by atoms with Gasteiger partial charge in [-0.3, -0.25) is 4.79 Å². The summed E-state index contributed by atoms with van der Waals surface area (Å²) < 4.78 is 10.8. The summed E-state index contributed by atoms with van der Waals surface area (Å²) in [5.74, 6) is 1.27. The number of nitrogens with one attached hydrogen (secondary N) is 2. The van der Waals surface area contributed by atoms with Gasteiger partial charge in [0.15, 0.2) is 5.43 Å². The molecule has 2 unspecified atom stereocenters. The second-order valence-corrected chi connectivity index (χ2v) is 6.79. The first-order chi connectivity index (χ1) is 11.5. The standard InChI is InChI=1S/C19H26N2O3/c1-12-7-5-6-8-21(12)11-16-13(2)20-18-15(19(16)22)9-14(23-3)10-17(18)24-4/h9-10,12H,5-8,11H2,1-4H3,(H,20,22)/p+1. The fourth-order valence-corrected chi connectivity index (χ4v) is 3.73. The van der Waals surface area contributed by atoms with Crippen LogP contribution in [0, 0.1) is 6.92 Å². The molecule has 130 valence electrons. The summed E-state index contributed by atoms with van der Waals surface area (Å²) in [6.07, 6.45) is 3.78. The molecule has 1 aromatic heterocycles. The lowest BCUT2D eigenvalue weighted by Crippen LogP contribution is -3.15. The van der Waals surface area contributed by atoms with E-state index in [9.17, 15) is 4.79 Å². The number of ether oxygens (including phenoxy) is 2. The summed E-state index contributed by atoms with van der Waals surface area (Å²) in [7, 11) is 3.21. The van der Waals surface area contributed by atoms with Gasteiger partial charge in [0.2, 0.25) is 0 Å². The number of pyridine rings is 1. The van der Waals surface area contributed by atoms with E-state index in [1.54, 1.807) is 26.4 Å². The Morgan fingerprint density at radius 1 is 1.25 bits per heavy atom. The van der Waals surface area contributed by atoms with Gasteiger partial charge in [-0.2, -0.15) is 0 Å². The predicted octanol–water partition coefficient (Wildman–Crippen LogP) is 1.81. The van der Waals surface area contributed by atoms with Crippen LogP contribution in [0.2, 0.25) is 0 Å². The van der Waals surface area contributed by atoms with Crippen LogP contribution in [0.4, 0.5) is 0 Å². The molecule has 0 saturated carbocycles. The maximum absolute atomic E-state index is 13.1. The molecule has 24 heavy (non-hydrogen) atoms. The molecule has 2 atom stereocenters. The molecule has 1 aromatic carbocycles. The van der Waals surface area contributed by atoms with Gasteiger partial charge in [-0.1, -0.05) is 0 Å². The van der Waals surface area contributed by atoms with Crippen molar-refractivity contribution in [2.75, 3.05) is 20.8 Å². The molecule has 2 heterocycles. The number of hydrogen-bond donors (Lipinski definition) is 2. The number of fused-ring (bicyclic) bond motifs is 1. The van der Waals surface area contributed by atoms with Gasteiger partial charge in [0.1, 0.15) is 18.0 Å². The number of benzene rings is 1. The van der Waals surface area contributed by atoms with E-state index >= 15 is 0 Å². The van der Waals surface area contributed by atoms with E-state index in [4.69, 9.17) is 9.47 Å². The summed E-state index contributed by atoms with van der Waals surface area (Å²) in [4.78, 5) is 18.0. The highest BCUT2D eigenvalue weighted by Crippen LogP contribution is 2.28. The number of piperidine rings is 1. The lowest BCUT2D eigenvalue weighted by Gasteiger charge is -2.30. The topological polar surface area (TPSA) is 55.8 Å². The van der Waals surface area contributed by atoms with Crippen molar-refractivity contribution in [3.63, 3.8) is 0 Å². The third-order valence-electron chi connectivity index (χ3n) is 5.30. The minimum atomic E-state index is 0.0868. The van der Waals surface area contributed by atoms with Crippen LogP contribution in [-0.4, -0.2) is 31.8 Å². The number of aromatic nitrogens is 1. The molecule has 1 saturated heterocycles. The zero-order valence-electron chi connectivity index (χ0n) is 15.0. The van der Waals surface area contributed by atoms with E-state index in [-0.39, 0.29) is 5.43 Å². The fourth-order valence-electron chi connectivity index (χ4n) is 3.73. The highest BCUT2D eigenvalue weighted by atomic mass is 16.5. The van der Waals surface area contributed by atoms with Crippen LogP contribution in [0.25, 0.3) is 10.9 Å². The number of methoxy groups -OCH3 is 2. The molecular weight excluding hydrogens is 304 g/mol. The van der Waals surface area contributed by atoms with Crippen molar-refractivity contribution in [2.24, 2.45) is 0 Å². The first-order valence-corrected chi connectivity index (χ1v) is 8.67. The summed E-state index contributed by atoms with van der Waals surface area (Å²) >= 11 is 0. The summed E-state index contributed by atoms with van der Waals surface area (Å²) in [6.45, 7) is 6.18. The Kier molecular flexibility index (Phi) is 4.81. The van der Waals surface area contributed by atoms with Gasteiger partial charge in [-0.25, -0.2) is 0 Å². The molecule has 0 radical (unpaired) electrons. The number of likely N-dealkylation sites (tertiary alicyclic amines) is 1. The van der Waals surface area contributed by atoms with Crippen LogP contribution in [0.15, 0.2) is 16.9 Å². The van der Waals surface area contributed by atoms with E-state index in [1.165, 1.54) is 24.2 Å². The maximum Gasteiger partial charge on any atom is 0.198 e. The predicted molar refractivity (Wildman–Crippen MR) is 95.3 cm³/mol. The van der Waals surface area contributed by atoms with Crippen LogP contribution in [0.1, 0.15) is 37.4 Å². The Bertz CT molecular complexity index is 797. The molecule has 0 amide bonds. The van der Waals surface area contributed by atoms with Gasteiger partial charge < -0.3 is 19.4 Å². The van der Waals surface area contributed by atoms with Crippen molar-refractivity contribution >= 4 is 10.9 Å². The fraction of sp³-hybridized carbons (Fsp3) is 0.526. The lowest BCUT2D eigenvalue weighted by molar-refractivity contribution is -0.942. The second kappa shape index (κ2) is 6.85. The van der Waals surface area contributed by atoms with Gasteiger partial charge in [0, 0.05) is 11.8 Å². The third-order valence-corrected chi connectivity index (χ3v) is 5.30. The van der Waals surface area contributed by atoms with Crippen LogP contribution < -0.4 is 19.8 Å². The zero-order chi connectivity index (χ0) is 17.3. The van der Waals surface area contributed by atoms with Crippen LogP contribution >= 0.6 is 0 Å². The maximum atomic E-state index is 13.1. The molecule has 5 nitrogen and oxygen atoms in total. The molecular formula is C19H27N2O3+. The SMILES string of the molecule is COc1cc(OC)c2[nH]c(C)c(C[NH+]3CCCCC3C)c(=O)c2c1. The Labute approximate surface area is 142 Å². The Morgan fingerprint density at radius 3 is 2.71 bits per heavy atom. The molecule has 2 N–H and O–H groups in total. The van der Waals surface area contributed by atoms with Crippen LogP contribution in [0.5, 0.6) is 11.5 Å². The van der Waals surface area contributed by atoms with Crippen molar-refractivity contribution in [2.45, 2.75) is 45.7 Å². The number of hydrogen-bond acceptors (Lipinski definition) is 3. The Morgan fingerprint density at radius 2 is 2.04 bits per heavy atom. The molecule has 1 aliphatic heterocycles. The van der Waals surface area contributed by atoms with Crippen molar-refractivity contribution < 1.29 is 14.4 Å². The molecule has 1 fully saturated rings. The number of quaternary nitrogens is 1. The highest BCUT2D eigenvalue weighted by Gasteiger charge is 2.25. The van der Waals surface area contributed by atoms with E-state index in [0.29, 0.717) is 22.9 Å². The molecule has 0 aliphatic carbocycles. The molecule has 5 heteroatoms. The smallest absolute Gasteiger partial charge is 0.198 e. The van der Waals surface area contributed by atoms with E-state index in [2.05, 4.69) is 11.9 Å². The molecule has 0 bridgehead atoms. The van der Waals surface area contributed by atoms with Crippen molar-refractivity contribution in [3.8, 4) is 11.5 Å². The van der Waals surface area contributed by atoms with Crippen LogP contribution in [-0.2, 0) is 6.54 Å². The van der Waals surface area contributed by atoms with Gasteiger partial charge >= 0.3 is 0 Å². The minimum Gasteiger partial charge on any atom is -0.497 e. The molecule has 3 rings (SSSR count). The Hall–Kier alpha value is -2.01. The van der Waals surface area contributed by atoms with Crippen molar-refractivity contribution in [1.82, 2.24) is 4.98 Å². The molecule has 0 spiro atoms. The Balaban J connectivity index is 2.10. The van der Waals surface area contributed by atoms with Gasteiger partial charge in [-0.05, 0) is 39.2 Å². The largest absolute Gasteiger partial charge is 0.497 e. The van der Waals surface area contributed by atoms with E-state index < -0.39 is 0 Å². The summed E-state index contributed by atoms with van der Waals surface area (Å²) in [5, 5.41) is 0.635. The van der Waals surface area contributed by atoms with E-state index in [1.807, 2.05) is 6.92 Å². The van der Waals surface area contributed by atoms with E-state index in [0.717, 1.165) is 29.9 Å². The van der Waals surface area contributed by atoms with Gasteiger partial charge in [-0.15, -0.1) is 0 Å². The third kappa shape index (κ3) is 3.00. The summed E-state index contributed by atoms with van der Waals surface area (Å²) in [6, 6.07) is 4.21.